The predicted octanol–water partition coefficient (Wildman–Crippen LogP) is 1.16. The first-order chi connectivity index (χ1) is 8.60. The second-order valence-corrected chi connectivity index (χ2v) is 6.18. The van der Waals surface area contributed by atoms with Gasteiger partial charge in [0, 0.05) is 10.8 Å². The molecular weight excluding hydrogens is 248 g/mol. The number of hydrogen-bond donors (Lipinski definition) is 2. The van der Waals surface area contributed by atoms with Gasteiger partial charge < -0.3 is 0 Å². The summed E-state index contributed by atoms with van der Waals surface area (Å²) in [5.41, 5.74) is -0.140. The number of aromatic amines is 2. The number of aromatic nitrogens is 6. The van der Waals surface area contributed by atoms with Crippen LogP contribution in [-0.4, -0.2) is 30.8 Å². The third-order valence-corrected chi connectivity index (χ3v) is 2.17. The Labute approximate surface area is 111 Å². The van der Waals surface area contributed by atoms with E-state index < -0.39 is 5.76 Å². The van der Waals surface area contributed by atoms with Crippen LogP contribution in [0.3, 0.4) is 0 Å². The molecule has 0 aliphatic carbocycles. The molecule has 0 atom stereocenters. The van der Waals surface area contributed by atoms with Crippen LogP contribution in [-0.2, 0) is 10.8 Å². The molecule has 0 spiro atoms. The maximum absolute atomic E-state index is 10.5. The fourth-order valence-electron chi connectivity index (χ4n) is 1.03. The van der Waals surface area contributed by atoms with Crippen LogP contribution in [0.2, 0.25) is 0 Å². The second-order valence-electron chi connectivity index (χ2n) is 6.18. The average Bonchev–Trinajstić information content (AvgIpc) is 2.84. The zero-order valence-corrected chi connectivity index (χ0v) is 12.1. The maximum Gasteiger partial charge on any atom is 0.438 e. The summed E-state index contributed by atoms with van der Waals surface area (Å²) in [5.74, 6) is 0.838. The Morgan fingerprint density at radius 3 is 1.89 bits per heavy atom. The molecule has 2 aromatic rings. The van der Waals surface area contributed by atoms with E-state index in [2.05, 4.69) is 35.3 Å². The lowest BCUT2D eigenvalue weighted by Gasteiger charge is -2.11. The first-order valence-electron chi connectivity index (χ1n) is 5.91. The monoisotopic (exact) mass is 268 g/mol. The molecule has 2 rings (SSSR count). The molecule has 0 aliphatic heterocycles. The lowest BCUT2D eigenvalue weighted by Crippen LogP contribution is -2.14. The van der Waals surface area contributed by atoms with Gasteiger partial charge in [0.05, 0.1) is 0 Å². The van der Waals surface area contributed by atoms with Gasteiger partial charge in [-0.1, -0.05) is 51.9 Å². The van der Waals surface area contributed by atoms with Crippen LogP contribution in [0.25, 0.3) is 0 Å². The van der Waals surface area contributed by atoms with Crippen LogP contribution in [0.15, 0.2) is 9.32 Å². The standard InChI is InChI=1S/C6H10N2O2.C5H10N4/c1-6(2,3)4-7-5(9)10-8-4;1-5(2,3)4-6-8-9-7-4/h1-3H3,(H,7,8,9);1-3H3,(H,6,7,8,9). The van der Waals surface area contributed by atoms with Crippen LogP contribution >= 0.6 is 0 Å². The summed E-state index contributed by atoms with van der Waals surface area (Å²) in [5, 5.41) is 17.1. The van der Waals surface area contributed by atoms with Gasteiger partial charge in [0.1, 0.15) is 0 Å². The van der Waals surface area contributed by atoms with Crippen LogP contribution in [0.4, 0.5) is 0 Å². The Kier molecular flexibility index (Phi) is 4.23. The molecule has 0 unspecified atom stereocenters. The van der Waals surface area contributed by atoms with Crippen molar-refractivity contribution in [2.75, 3.05) is 0 Å². The minimum absolute atomic E-state index is 0.00694. The topological polar surface area (TPSA) is 113 Å². The number of tetrazole rings is 1. The zero-order valence-electron chi connectivity index (χ0n) is 12.1. The smallest absolute Gasteiger partial charge is 0.296 e. The lowest BCUT2D eigenvalue weighted by atomic mass is 9.96. The molecule has 106 valence electrons. The van der Waals surface area contributed by atoms with Gasteiger partial charge in [0.25, 0.3) is 0 Å². The van der Waals surface area contributed by atoms with E-state index in [1.807, 2.05) is 41.5 Å². The molecular formula is C11H20N6O2. The molecule has 0 aromatic carbocycles. The van der Waals surface area contributed by atoms with Gasteiger partial charge in [-0.3, -0.25) is 9.51 Å². The van der Waals surface area contributed by atoms with E-state index in [1.54, 1.807) is 0 Å². The van der Waals surface area contributed by atoms with Crippen molar-refractivity contribution in [3.63, 3.8) is 0 Å². The number of H-pyrrole nitrogens is 2. The second kappa shape index (κ2) is 5.33. The van der Waals surface area contributed by atoms with Gasteiger partial charge in [0.15, 0.2) is 11.6 Å². The average molecular weight is 268 g/mol. The normalized spacial score (nSPS) is 11.9. The van der Waals surface area contributed by atoms with Crippen LogP contribution in [0.1, 0.15) is 53.2 Å². The predicted molar refractivity (Wildman–Crippen MR) is 68.7 cm³/mol. The number of nitrogens with zero attached hydrogens (tertiary/aromatic N) is 4. The molecule has 0 bridgehead atoms. The van der Waals surface area contributed by atoms with Gasteiger partial charge in [-0.25, -0.2) is 4.79 Å². The Morgan fingerprint density at radius 2 is 1.68 bits per heavy atom. The maximum atomic E-state index is 10.5. The van der Waals surface area contributed by atoms with Gasteiger partial charge in [0.2, 0.25) is 0 Å². The third kappa shape index (κ3) is 4.65. The fourth-order valence-corrected chi connectivity index (χ4v) is 1.03. The fraction of sp³-hybridized carbons (Fsp3) is 0.727. The lowest BCUT2D eigenvalue weighted by molar-refractivity contribution is 0.369. The van der Waals surface area contributed by atoms with E-state index >= 15 is 0 Å². The van der Waals surface area contributed by atoms with Crippen molar-refractivity contribution < 1.29 is 4.52 Å². The van der Waals surface area contributed by atoms with Crippen molar-refractivity contribution in [1.82, 2.24) is 30.8 Å². The number of rotatable bonds is 0. The summed E-state index contributed by atoms with van der Waals surface area (Å²) >= 11 is 0. The van der Waals surface area contributed by atoms with Crippen LogP contribution < -0.4 is 5.76 Å². The highest BCUT2D eigenvalue weighted by molar-refractivity contribution is 4.96. The molecule has 2 heterocycles. The zero-order chi connectivity index (χ0) is 14.7. The molecule has 0 saturated heterocycles. The van der Waals surface area contributed by atoms with Crippen molar-refractivity contribution in [2.24, 2.45) is 0 Å². The quantitative estimate of drug-likeness (QED) is 0.741. The molecule has 0 radical (unpaired) electrons. The van der Waals surface area contributed by atoms with Gasteiger partial charge in [-0.2, -0.15) is 5.21 Å². The molecule has 0 aliphatic rings. The van der Waals surface area contributed by atoms with E-state index in [0.29, 0.717) is 5.82 Å². The Hall–Kier alpha value is -1.99. The van der Waals surface area contributed by atoms with Gasteiger partial charge >= 0.3 is 5.76 Å². The largest absolute Gasteiger partial charge is 0.438 e. The minimum atomic E-state index is -0.495. The molecule has 0 amide bonds. The van der Waals surface area contributed by atoms with E-state index in [0.717, 1.165) is 5.82 Å². The van der Waals surface area contributed by atoms with E-state index in [4.69, 9.17) is 0 Å². The highest BCUT2D eigenvalue weighted by Gasteiger charge is 2.18. The van der Waals surface area contributed by atoms with Gasteiger partial charge in [-0.05, 0) is 0 Å². The third-order valence-electron chi connectivity index (χ3n) is 2.17. The Morgan fingerprint density at radius 1 is 1.05 bits per heavy atom. The SMILES string of the molecule is CC(C)(C)c1nn[nH]n1.CC(C)(C)c1noc(=O)[nH]1. The first kappa shape index (κ1) is 15.1. The number of nitrogens with one attached hydrogen (secondary N) is 2. The van der Waals surface area contributed by atoms with Gasteiger partial charge in [-0.15, -0.1) is 10.2 Å². The van der Waals surface area contributed by atoms with Crippen molar-refractivity contribution in [3.05, 3.63) is 22.2 Å². The summed E-state index contributed by atoms with van der Waals surface area (Å²) in [6.07, 6.45) is 0. The highest BCUT2D eigenvalue weighted by atomic mass is 16.5. The van der Waals surface area contributed by atoms with Crippen molar-refractivity contribution in [2.45, 2.75) is 52.4 Å². The van der Waals surface area contributed by atoms with E-state index in [1.165, 1.54) is 0 Å². The summed E-state index contributed by atoms with van der Waals surface area (Å²) in [7, 11) is 0. The van der Waals surface area contributed by atoms with Crippen molar-refractivity contribution in [1.29, 1.82) is 0 Å². The summed E-state index contributed by atoms with van der Waals surface area (Å²) in [6.45, 7) is 12.0. The first-order valence-corrected chi connectivity index (χ1v) is 5.91. The molecule has 2 aromatic heterocycles. The Balaban J connectivity index is 0.000000191. The summed E-state index contributed by atoms with van der Waals surface area (Å²) < 4.78 is 4.33. The molecule has 19 heavy (non-hydrogen) atoms. The van der Waals surface area contributed by atoms with Crippen LogP contribution in [0, 0.1) is 0 Å². The van der Waals surface area contributed by atoms with E-state index in [9.17, 15) is 4.79 Å². The number of hydrogen-bond acceptors (Lipinski definition) is 6. The molecule has 8 nitrogen and oxygen atoms in total. The molecule has 0 fully saturated rings. The van der Waals surface area contributed by atoms with E-state index in [-0.39, 0.29) is 10.8 Å². The highest BCUT2D eigenvalue weighted by Crippen LogP contribution is 2.15. The Bertz CT molecular complexity index is 541. The van der Waals surface area contributed by atoms with Crippen LogP contribution in [0.5, 0.6) is 0 Å². The summed E-state index contributed by atoms with van der Waals surface area (Å²) in [4.78, 5) is 12.9. The van der Waals surface area contributed by atoms with Crippen molar-refractivity contribution >= 4 is 0 Å². The minimum Gasteiger partial charge on any atom is -0.296 e. The summed E-state index contributed by atoms with van der Waals surface area (Å²) in [6, 6.07) is 0. The van der Waals surface area contributed by atoms with Crippen molar-refractivity contribution in [3.8, 4) is 0 Å². The molecule has 0 saturated carbocycles. The molecule has 8 heteroatoms. The molecule has 2 N–H and O–H groups in total.